The highest BCUT2D eigenvalue weighted by Gasteiger charge is 2.15. The van der Waals surface area contributed by atoms with Gasteiger partial charge in [0.05, 0.1) is 25.9 Å². The van der Waals surface area contributed by atoms with Crippen LogP contribution in [-0.2, 0) is 22.6 Å². The van der Waals surface area contributed by atoms with E-state index in [4.69, 9.17) is 15.9 Å². The zero-order chi connectivity index (χ0) is 19.5. The second-order valence-corrected chi connectivity index (χ2v) is 6.32. The minimum atomic E-state index is -0.648. The molecule has 5 nitrogen and oxygen atoms in total. The van der Waals surface area contributed by atoms with Gasteiger partial charge in [0.25, 0.3) is 0 Å². The lowest BCUT2D eigenvalue weighted by atomic mass is 10.2. The van der Waals surface area contributed by atoms with Crippen LogP contribution in [0.5, 0.6) is 0 Å². The first kappa shape index (κ1) is 21.1. The quantitative estimate of drug-likeness (QED) is 0.457. The molecule has 0 saturated carbocycles. The molecule has 1 atom stereocenters. The van der Waals surface area contributed by atoms with Gasteiger partial charge in [0.2, 0.25) is 0 Å². The van der Waals surface area contributed by atoms with Crippen molar-refractivity contribution in [2.45, 2.75) is 19.2 Å². The Morgan fingerprint density at radius 1 is 1.30 bits per heavy atom. The normalized spacial score (nSPS) is 12.3. The smallest absolute Gasteiger partial charge is 0.128 e. The van der Waals surface area contributed by atoms with Gasteiger partial charge < -0.3 is 19.1 Å². The van der Waals surface area contributed by atoms with Gasteiger partial charge in [-0.05, 0) is 18.2 Å². The molecule has 0 aliphatic rings. The van der Waals surface area contributed by atoms with Crippen LogP contribution < -0.4 is 0 Å². The molecule has 0 fully saturated rings. The van der Waals surface area contributed by atoms with Gasteiger partial charge in [0.1, 0.15) is 12.4 Å². The molecule has 27 heavy (non-hydrogen) atoms. The number of aliphatic hydroxyl groups is 1. The van der Waals surface area contributed by atoms with Gasteiger partial charge in [0.15, 0.2) is 0 Å². The number of ether oxygens (including phenoxy) is 2. The Morgan fingerprint density at radius 3 is 2.85 bits per heavy atom. The number of terminal acetylenes is 1. The first-order chi connectivity index (χ1) is 13.1. The minimum Gasteiger partial charge on any atom is -0.389 e. The van der Waals surface area contributed by atoms with E-state index in [2.05, 4.69) is 10.8 Å². The summed E-state index contributed by atoms with van der Waals surface area (Å²) in [6.07, 6.45) is 6.43. The summed E-state index contributed by atoms with van der Waals surface area (Å²) in [6.45, 7) is 3.07. The van der Waals surface area contributed by atoms with E-state index in [0.717, 1.165) is 5.69 Å². The third-order valence-corrected chi connectivity index (χ3v) is 4.18. The Morgan fingerprint density at radius 2 is 2.11 bits per heavy atom. The molecule has 1 heterocycles. The Bertz CT molecular complexity index is 726. The van der Waals surface area contributed by atoms with Crippen LogP contribution in [-0.4, -0.2) is 60.7 Å². The zero-order valence-corrected chi connectivity index (χ0v) is 15.7. The fraction of sp³-hybridized carbons (Fsp3) is 0.429. The maximum absolute atomic E-state index is 14.0. The summed E-state index contributed by atoms with van der Waals surface area (Å²) < 4.78 is 26.4. The maximum atomic E-state index is 14.0. The van der Waals surface area contributed by atoms with Crippen LogP contribution in [0.1, 0.15) is 11.3 Å². The van der Waals surface area contributed by atoms with E-state index in [0.29, 0.717) is 38.3 Å². The number of hydrogen-bond donors (Lipinski definition) is 1. The van der Waals surface area contributed by atoms with Gasteiger partial charge >= 0.3 is 0 Å². The highest BCUT2D eigenvalue weighted by atomic mass is 19.1. The van der Waals surface area contributed by atoms with Crippen molar-refractivity contribution in [2.24, 2.45) is 0 Å². The molecule has 2 aromatic rings. The highest BCUT2D eigenvalue weighted by molar-refractivity contribution is 5.19. The fourth-order valence-electron chi connectivity index (χ4n) is 2.85. The Hall–Kier alpha value is -2.17. The van der Waals surface area contributed by atoms with Crippen LogP contribution in [0.15, 0.2) is 42.6 Å². The second-order valence-electron chi connectivity index (χ2n) is 6.32. The predicted octanol–water partition coefficient (Wildman–Crippen LogP) is 2.13. The largest absolute Gasteiger partial charge is 0.389 e. The van der Waals surface area contributed by atoms with Crippen molar-refractivity contribution in [3.63, 3.8) is 0 Å². The topological polar surface area (TPSA) is 46.9 Å². The molecule has 1 N–H and O–H groups in total. The molecule has 0 aliphatic heterocycles. The number of methoxy groups -OCH3 is 1. The molecule has 0 saturated heterocycles. The summed E-state index contributed by atoms with van der Waals surface area (Å²) in [6, 6.07) is 10.7. The monoisotopic (exact) mass is 374 g/mol. The molecule has 1 aromatic heterocycles. The summed E-state index contributed by atoms with van der Waals surface area (Å²) in [5, 5.41) is 10.2. The van der Waals surface area contributed by atoms with Gasteiger partial charge in [-0.25, -0.2) is 4.39 Å². The molecule has 1 aromatic carbocycles. The minimum absolute atomic E-state index is 0.181. The number of aromatic nitrogens is 1. The number of halogens is 1. The van der Waals surface area contributed by atoms with Crippen molar-refractivity contribution in [2.75, 3.05) is 40.0 Å². The molecule has 6 heteroatoms. The van der Waals surface area contributed by atoms with E-state index in [1.165, 1.54) is 6.07 Å². The van der Waals surface area contributed by atoms with E-state index in [1.807, 2.05) is 29.0 Å². The summed E-state index contributed by atoms with van der Waals surface area (Å²) in [5.74, 6) is 2.17. The predicted molar refractivity (Wildman–Crippen MR) is 103 cm³/mol. The van der Waals surface area contributed by atoms with Crippen LogP contribution >= 0.6 is 0 Å². The molecule has 0 aliphatic carbocycles. The highest BCUT2D eigenvalue weighted by Crippen LogP contribution is 2.13. The number of hydrogen-bond acceptors (Lipinski definition) is 4. The number of aliphatic hydroxyl groups excluding tert-OH is 1. The molecule has 2 rings (SSSR count). The molecular formula is C21H27FN2O3. The lowest BCUT2D eigenvalue weighted by Gasteiger charge is -2.25. The van der Waals surface area contributed by atoms with Crippen molar-refractivity contribution in [3.05, 3.63) is 59.7 Å². The van der Waals surface area contributed by atoms with Gasteiger partial charge in [-0.1, -0.05) is 24.1 Å². The number of benzene rings is 1. The summed E-state index contributed by atoms with van der Waals surface area (Å²) >= 11 is 0. The van der Waals surface area contributed by atoms with Crippen molar-refractivity contribution >= 4 is 0 Å². The van der Waals surface area contributed by atoms with E-state index >= 15 is 0 Å². The molecule has 1 unspecified atom stereocenters. The molecular weight excluding hydrogens is 347 g/mol. The summed E-state index contributed by atoms with van der Waals surface area (Å²) in [5.41, 5.74) is 1.67. The lowest BCUT2D eigenvalue weighted by molar-refractivity contribution is 0.0202. The van der Waals surface area contributed by atoms with Crippen molar-refractivity contribution in [1.82, 2.24) is 9.47 Å². The Balaban J connectivity index is 2.01. The van der Waals surface area contributed by atoms with Crippen molar-refractivity contribution in [3.8, 4) is 12.3 Å². The van der Waals surface area contributed by atoms with Gasteiger partial charge in [-0.3, -0.25) is 4.90 Å². The first-order valence-corrected chi connectivity index (χ1v) is 8.92. The van der Waals surface area contributed by atoms with Crippen LogP contribution in [0, 0.1) is 18.2 Å². The van der Waals surface area contributed by atoms with Crippen molar-refractivity contribution in [1.29, 1.82) is 0 Å². The average Bonchev–Trinajstić information content (AvgIpc) is 3.08. The second kappa shape index (κ2) is 11.5. The van der Waals surface area contributed by atoms with E-state index in [-0.39, 0.29) is 19.0 Å². The first-order valence-electron chi connectivity index (χ1n) is 8.92. The maximum Gasteiger partial charge on any atom is 0.128 e. The van der Waals surface area contributed by atoms with Crippen LogP contribution in [0.3, 0.4) is 0 Å². The zero-order valence-electron chi connectivity index (χ0n) is 15.7. The van der Waals surface area contributed by atoms with Crippen LogP contribution in [0.4, 0.5) is 4.39 Å². The fourth-order valence-corrected chi connectivity index (χ4v) is 2.85. The van der Waals surface area contributed by atoms with E-state index in [9.17, 15) is 9.50 Å². The van der Waals surface area contributed by atoms with E-state index in [1.54, 1.807) is 19.2 Å². The molecule has 0 bridgehead atoms. The van der Waals surface area contributed by atoms with Crippen molar-refractivity contribution < 1.29 is 19.0 Å². The standard InChI is InChI=1S/C21H27FN2O3/c1-3-12-27-17-20(25)16-23(11-13-26-2)15-19-8-6-10-24(19)14-18-7-4-5-9-21(18)22/h1,4-10,20,25H,11-17H2,2H3. The lowest BCUT2D eigenvalue weighted by Crippen LogP contribution is -2.37. The average molecular weight is 374 g/mol. The third-order valence-electron chi connectivity index (χ3n) is 4.18. The molecule has 0 amide bonds. The van der Waals surface area contributed by atoms with Crippen LogP contribution in [0.25, 0.3) is 0 Å². The number of nitrogens with zero attached hydrogens (tertiary/aromatic N) is 2. The summed E-state index contributed by atoms with van der Waals surface area (Å²) in [7, 11) is 1.64. The van der Waals surface area contributed by atoms with Crippen LogP contribution in [0.2, 0.25) is 0 Å². The molecule has 146 valence electrons. The summed E-state index contributed by atoms with van der Waals surface area (Å²) in [4.78, 5) is 2.08. The third kappa shape index (κ3) is 7.16. The van der Waals surface area contributed by atoms with Gasteiger partial charge in [-0.15, -0.1) is 6.42 Å². The van der Waals surface area contributed by atoms with Gasteiger partial charge in [-0.2, -0.15) is 0 Å². The molecule has 0 radical (unpaired) electrons. The number of rotatable bonds is 12. The molecule has 0 spiro atoms. The SMILES string of the molecule is C#CCOCC(O)CN(CCOC)Cc1cccn1Cc1ccccc1F. The Kier molecular flexibility index (Phi) is 9.02. The Labute approximate surface area is 160 Å². The van der Waals surface area contributed by atoms with Gasteiger partial charge in [0, 0.05) is 44.2 Å². The van der Waals surface area contributed by atoms with E-state index < -0.39 is 6.10 Å².